The average Bonchev–Trinajstić information content (AvgIpc) is 3.09. The first-order valence-electron chi connectivity index (χ1n) is 7.88. The van der Waals surface area contributed by atoms with Crippen LogP contribution in [0.1, 0.15) is 31.4 Å². The molecule has 2 aliphatic heterocycles. The molecule has 0 unspecified atom stereocenters. The van der Waals surface area contributed by atoms with Crippen LogP contribution in [0.4, 0.5) is 0 Å². The maximum Gasteiger partial charge on any atom is 0.228 e. The summed E-state index contributed by atoms with van der Waals surface area (Å²) in [4.78, 5) is 17.0. The fraction of sp³-hybridized carbons (Fsp3) is 0.688. The average molecular weight is 308 g/mol. The van der Waals surface area contributed by atoms with Crippen molar-refractivity contribution < 1.29 is 9.53 Å². The number of amides is 1. The van der Waals surface area contributed by atoms with Crippen molar-refractivity contribution in [1.82, 2.24) is 9.80 Å². The van der Waals surface area contributed by atoms with Crippen LogP contribution < -0.4 is 0 Å². The van der Waals surface area contributed by atoms with Gasteiger partial charge in [0.2, 0.25) is 5.91 Å². The number of ether oxygens (including phenoxy) is 1. The summed E-state index contributed by atoms with van der Waals surface area (Å²) in [5.74, 6) is 0.400. The van der Waals surface area contributed by atoms with Gasteiger partial charge in [-0.3, -0.25) is 9.69 Å². The molecule has 1 amide bonds. The Morgan fingerprint density at radius 2 is 2.19 bits per heavy atom. The second-order valence-corrected chi connectivity index (χ2v) is 6.79. The van der Waals surface area contributed by atoms with E-state index in [1.54, 1.807) is 11.3 Å². The summed E-state index contributed by atoms with van der Waals surface area (Å²) in [6.07, 6.45) is 2.01. The maximum absolute atomic E-state index is 12.5. The van der Waals surface area contributed by atoms with Crippen molar-refractivity contribution >= 4 is 17.2 Å². The van der Waals surface area contributed by atoms with Crippen LogP contribution in [-0.4, -0.2) is 55.1 Å². The monoisotopic (exact) mass is 308 g/mol. The van der Waals surface area contributed by atoms with Gasteiger partial charge >= 0.3 is 0 Å². The van der Waals surface area contributed by atoms with Gasteiger partial charge in [0.15, 0.2) is 0 Å². The summed E-state index contributed by atoms with van der Waals surface area (Å²) in [5.41, 5.74) is 1.39. The van der Waals surface area contributed by atoms with Crippen LogP contribution in [0.25, 0.3) is 0 Å². The fourth-order valence-corrected chi connectivity index (χ4v) is 3.99. The third-order valence-corrected chi connectivity index (χ3v) is 5.41. The SMILES string of the molecule is C[C@@H](c1ccsc1)N1CCN(C(=O)[C@@H]2CCCOC2)CC1. The molecule has 1 aromatic heterocycles. The normalized spacial score (nSPS) is 25.8. The van der Waals surface area contributed by atoms with Crippen molar-refractivity contribution in [3.05, 3.63) is 22.4 Å². The summed E-state index contributed by atoms with van der Waals surface area (Å²) in [6.45, 7) is 7.33. The smallest absolute Gasteiger partial charge is 0.228 e. The van der Waals surface area contributed by atoms with Crippen molar-refractivity contribution in [3.8, 4) is 0 Å². The molecule has 4 nitrogen and oxygen atoms in total. The third kappa shape index (κ3) is 3.47. The number of hydrogen-bond donors (Lipinski definition) is 0. The number of nitrogens with zero attached hydrogens (tertiary/aromatic N) is 2. The number of thiophene rings is 1. The van der Waals surface area contributed by atoms with E-state index in [1.165, 1.54) is 5.56 Å². The molecule has 116 valence electrons. The van der Waals surface area contributed by atoms with E-state index < -0.39 is 0 Å². The largest absolute Gasteiger partial charge is 0.381 e. The van der Waals surface area contributed by atoms with E-state index in [-0.39, 0.29) is 5.92 Å². The minimum Gasteiger partial charge on any atom is -0.381 e. The minimum absolute atomic E-state index is 0.0968. The van der Waals surface area contributed by atoms with Gasteiger partial charge in [-0.15, -0.1) is 0 Å². The zero-order chi connectivity index (χ0) is 14.7. The van der Waals surface area contributed by atoms with Gasteiger partial charge in [0.1, 0.15) is 0 Å². The number of piperazine rings is 1. The van der Waals surface area contributed by atoms with E-state index in [1.807, 2.05) is 4.90 Å². The van der Waals surface area contributed by atoms with Gasteiger partial charge in [0.05, 0.1) is 12.5 Å². The molecule has 5 heteroatoms. The van der Waals surface area contributed by atoms with E-state index in [9.17, 15) is 4.79 Å². The van der Waals surface area contributed by atoms with Crippen molar-refractivity contribution in [2.24, 2.45) is 5.92 Å². The predicted molar refractivity (Wildman–Crippen MR) is 84.4 cm³/mol. The van der Waals surface area contributed by atoms with Crippen LogP contribution in [0.15, 0.2) is 16.8 Å². The number of carbonyl (C=O) groups excluding carboxylic acids is 1. The molecule has 2 atom stereocenters. The Hall–Kier alpha value is -0.910. The molecule has 0 radical (unpaired) electrons. The molecule has 3 heterocycles. The lowest BCUT2D eigenvalue weighted by Gasteiger charge is -2.39. The van der Waals surface area contributed by atoms with Gasteiger partial charge in [-0.1, -0.05) is 0 Å². The van der Waals surface area contributed by atoms with Crippen LogP contribution in [0, 0.1) is 5.92 Å². The van der Waals surface area contributed by atoms with Crippen LogP contribution in [0.3, 0.4) is 0 Å². The zero-order valence-corrected chi connectivity index (χ0v) is 13.5. The first-order valence-corrected chi connectivity index (χ1v) is 8.82. The third-order valence-electron chi connectivity index (χ3n) is 4.71. The number of carbonyl (C=O) groups is 1. The van der Waals surface area contributed by atoms with Gasteiger partial charge in [0, 0.05) is 38.8 Å². The summed E-state index contributed by atoms with van der Waals surface area (Å²) in [6, 6.07) is 2.65. The molecule has 1 aromatic rings. The summed E-state index contributed by atoms with van der Waals surface area (Å²) in [7, 11) is 0. The lowest BCUT2D eigenvalue weighted by Crippen LogP contribution is -2.51. The molecule has 2 aliphatic rings. The van der Waals surface area contributed by atoms with Gasteiger partial charge in [-0.05, 0) is 42.2 Å². The lowest BCUT2D eigenvalue weighted by atomic mass is 10.00. The van der Waals surface area contributed by atoms with Crippen LogP contribution in [0.5, 0.6) is 0 Å². The molecule has 2 saturated heterocycles. The molecule has 2 fully saturated rings. The number of rotatable bonds is 3. The molecule has 21 heavy (non-hydrogen) atoms. The van der Waals surface area contributed by atoms with E-state index in [2.05, 4.69) is 28.7 Å². The Bertz CT molecular complexity index is 449. The van der Waals surface area contributed by atoms with Crippen LogP contribution in [-0.2, 0) is 9.53 Å². The van der Waals surface area contributed by atoms with Gasteiger partial charge in [-0.25, -0.2) is 0 Å². The Balaban J connectivity index is 1.51. The summed E-state index contributed by atoms with van der Waals surface area (Å²) < 4.78 is 5.45. The molecular weight excluding hydrogens is 284 g/mol. The standard InChI is InChI=1S/C16H24N2O2S/c1-13(15-4-10-21-12-15)17-5-7-18(8-6-17)16(19)14-3-2-9-20-11-14/h4,10,12-14H,2-3,5-9,11H2,1H3/t13-,14+/m0/s1. The molecule has 0 aromatic carbocycles. The number of hydrogen-bond acceptors (Lipinski definition) is 4. The highest BCUT2D eigenvalue weighted by molar-refractivity contribution is 7.07. The second kappa shape index (κ2) is 6.90. The van der Waals surface area contributed by atoms with Gasteiger partial charge < -0.3 is 9.64 Å². The topological polar surface area (TPSA) is 32.8 Å². The molecule has 0 spiro atoms. The molecule has 0 bridgehead atoms. The summed E-state index contributed by atoms with van der Waals surface area (Å²) in [5, 5.41) is 4.36. The first-order chi connectivity index (χ1) is 10.3. The molecule has 0 saturated carbocycles. The minimum atomic E-state index is 0.0968. The van der Waals surface area contributed by atoms with E-state index in [0.29, 0.717) is 18.6 Å². The Kier molecular flexibility index (Phi) is 4.93. The lowest BCUT2D eigenvalue weighted by molar-refractivity contribution is -0.141. The molecule has 3 rings (SSSR count). The van der Waals surface area contributed by atoms with E-state index in [0.717, 1.165) is 45.6 Å². The molecular formula is C16H24N2O2S. The molecule has 0 aliphatic carbocycles. The highest BCUT2D eigenvalue weighted by atomic mass is 32.1. The highest BCUT2D eigenvalue weighted by Crippen LogP contribution is 2.24. The molecule has 0 N–H and O–H groups in total. The van der Waals surface area contributed by atoms with Gasteiger partial charge in [0.25, 0.3) is 0 Å². The Morgan fingerprint density at radius 1 is 1.38 bits per heavy atom. The summed E-state index contributed by atoms with van der Waals surface area (Å²) >= 11 is 1.75. The zero-order valence-electron chi connectivity index (χ0n) is 12.7. The van der Waals surface area contributed by atoms with E-state index >= 15 is 0 Å². The van der Waals surface area contributed by atoms with Crippen molar-refractivity contribution in [3.63, 3.8) is 0 Å². The second-order valence-electron chi connectivity index (χ2n) is 6.01. The highest BCUT2D eigenvalue weighted by Gasteiger charge is 2.30. The van der Waals surface area contributed by atoms with Crippen LogP contribution >= 0.6 is 11.3 Å². The fourth-order valence-electron chi connectivity index (χ4n) is 3.25. The Morgan fingerprint density at radius 3 is 2.81 bits per heavy atom. The quantitative estimate of drug-likeness (QED) is 0.859. The first kappa shape index (κ1) is 15.0. The predicted octanol–water partition coefficient (Wildman–Crippen LogP) is 2.38. The van der Waals surface area contributed by atoms with E-state index in [4.69, 9.17) is 4.74 Å². The van der Waals surface area contributed by atoms with Crippen molar-refractivity contribution in [2.45, 2.75) is 25.8 Å². The Labute approximate surface area is 130 Å². The van der Waals surface area contributed by atoms with Crippen molar-refractivity contribution in [2.75, 3.05) is 39.4 Å². The van der Waals surface area contributed by atoms with Gasteiger partial charge in [-0.2, -0.15) is 11.3 Å². The van der Waals surface area contributed by atoms with Crippen molar-refractivity contribution in [1.29, 1.82) is 0 Å². The van der Waals surface area contributed by atoms with Crippen LogP contribution in [0.2, 0.25) is 0 Å². The maximum atomic E-state index is 12.5.